The molecule has 0 aromatic heterocycles. The van der Waals surface area contributed by atoms with Crippen molar-refractivity contribution >= 4 is 5.91 Å². The topological polar surface area (TPSA) is 52.9 Å². The molecule has 2 unspecified atom stereocenters. The molecule has 4 aliphatic rings. The normalized spacial score (nSPS) is 42.5. The molecular weight excluding hydrogens is 236 g/mol. The summed E-state index contributed by atoms with van der Waals surface area (Å²) < 4.78 is 0. The van der Waals surface area contributed by atoms with E-state index in [0.29, 0.717) is 5.41 Å². The molecule has 19 heavy (non-hydrogen) atoms. The lowest BCUT2D eigenvalue weighted by Gasteiger charge is -2.59. The Bertz CT molecular complexity index is 388. The van der Waals surface area contributed by atoms with Crippen LogP contribution in [0.5, 0.6) is 0 Å². The maximum Gasteiger partial charge on any atom is 0.237 e. The Morgan fingerprint density at radius 1 is 1.16 bits per heavy atom. The van der Waals surface area contributed by atoms with Crippen molar-refractivity contribution in [2.75, 3.05) is 0 Å². The summed E-state index contributed by atoms with van der Waals surface area (Å²) in [6.45, 7) is 3.84. The molecule has 4 saturated carbocycles. The van der Waals surface area contributed by atoms with Gasteiger partial charge in [0.25, 0.3) is 0 Å². The standard InChI is InChI=1S/C16H24N2O/c1-10(9-17)15(19)18-11(2)16-6-12-3-13(7-16)5-14(4-12)8-16/h10-14H,3-8H2,1-2H3,(H,18,19). The fourth-order valence-electron chi connectivity index (χ4n) is 5.26. The average molecular weight is 260 g/mol. The second-order valence-electron chi connectivity index (χ2n) is 7.36. The monoisotopic (exact) mass is 260 g/mol. The van der Waals surface area contributed by atoms with Crippen LogP contribution in [-0.2, 0) is 4.79 Å². The number of amides is 1. The van der Waals surface area contributed by atoms with Gasteiger partial charge in [-0.25, -0.2) is 0 Å². The van der Waals surface area contributed by atoms with Crippen molar-refractivity contribution in [1.29, 1.82) is 5.26 Å². The summed E-state index contributed by atoms with van der Waals surface area (Å²) in [4.78, 5) is 11.9. The van der Waals surface area contributed by atoms with Crippen LogP contribution >= 0.6 is 0 Å². The van der Waals surface area contributed by atoms with Gasteiger partial charge in [0.2, 0.25) is 5.91 Å². The second kappa shape index (κ2) is 4.51. The van der Waals surface area contributed by atoms with E-state index in [1.165, 1.54) is 38.5 Å². The second-order valence-corrected chi connectivity index (χ2v) is 7.36. The Balaban J connectivity index is 1.71. The molecule has 1 amide bonds. The first-order valence-corrected chi connectivity index (χ1v) is 7.72. The molecule has 0 aromatic rings. The minimum Gasteiger partial charge on any atom is -0.352 e. The first-order valence-electron chi connectivity index (χ1n) is 7.72. The van der Waals surface area contributed by atoms with Crippen molar-refractivity contribution in [3.8, 4) is 6.07 Å². The van der Waals surface area contributed by atoms with Crippen LogP contribution in [0.2, 0.25) is 0 Å². The summed E-state index contributed by atoms with van der Waals surface area (Å²) in [6.07, 6.45) is 8.15. The predicted octanol–water partition coefficient (Wildman–Crippen LogP) is 2.87. The van der Waals surface area contributed by atoms with Crippen LogP contribution in [0.4, 0.5) is 0 Å². The lowest BCUT2D eigenvalue weighted by atomic mass is 9.48. The highest BCUT2D eigenvalue weighted by atomic mass is 16.1. The smallest absolute Gasteiger partial charge is 0.237 e. The van der Waals surface area contributed by atoms with Gasteiger partial charge in [0.15, 0.2) is 0 Å². The van der Waals surface area contributed by atoms with Gasteiger partial charge in [-0.1, -0.05) is 0 Å². The SMILES string of the molecule is CC(C#N)C(=O)NC(C)C12CC3CC(CC(C3)C1)C2. The van der Waals surface area contributed by atoms with E-state index < -0.39 is 5.92 Å². The van der Waals surface area contributed by atoms with Gasteiger partial charge < -0.3 is 5.32 Å². The number of hydrogen-bond donors (Lipinski definition) is 1. The van der Waals surface area contributed by atoms with Crippen LogP contribution in [0.15, 0.2) is 0 Å². The zero-order valence-corrected chi connectivity index (χ0v) is 12.0. The van der Waals surface area contributed by atoms with E-state index in [9.17, 15) is 4.79 Å². The van der Waals surface area contributed by atoms with Gasteiger partial charge >= 0.3 is 0 Å². The minimum atomic E-state index is -0.531. The molecule has 0 heterocycles. The van der Waals surface area contributed by atoms with E-state index in [0.717, 1.165) is 17.8 Å². The Hall–Kier alpha value is -1.04. The molecule has 3 nitrogen and oxygen atoms in total. The number of nitrogens with zero attached hydrogens (tertiary/aromatic N) is 1. The van der Waals surface area contributed by atoms with Crippen LogP contribution in [0, 0.1) is 40.4 Å². The molecule has 4 fully saturated rings. The lowest BCUT2D eigenvalue weighted by molar-refractivity contribution is -0.127. The molecule has 0 saturated heterocycles. The molecule has 4 rings (SSSR count). The molecule has 4 bridgehead atoms. The first kappa shape index (κ1) is 13.0. The van der Waals surface area contributed by atoms with Gasteiger partial charge in [-0.3, -0.25) is 4.79 Å². The van der Waals surface area contributed by atoms with Gasteiger partial charge in [0.1, 0.15) is 5.92 Å². The Morgan fingerprint density at radius 2 is 1.63 bits per heavy atom. The zero-order chi connectivity index (χ0) is 13.6. The van der Waals surface area contributed by atoms with E-state index in [1.807, 2.05) is 6.07 Å². The number of nitriles is 1. The molecule has 3 heteroatoms. The van der Waals surface area contributed by atoms with Gasteiger partial charge in [0, 0.05) is 6.04 Å². The van der Waals surface area contributed by atoms with Crippen LogP contribution in [0.1, 0.15) is 52.4 Å². The molecule has 1 N–H and O–H groups in total. The van der Waals surface area contributed by atoms with Crippen molar-refractivity contribution < 1.29 is 4.79 Å². The number of nitrogens with one attached hydrogen (secondary N) is 1. The number of carbonyl (C=O) groups excluding carboxylic acids is 1. The zero-order valence-electron chi connectivity index (χ0n) is 12.0. The van der Waals surface area contributed by atoms with Crippen LogP contribution in [0.25, 0.3) is 0 Å². The summed E-state index contributed by atoms with van der Waals surface area (Å²) in [5.74, 6) is 2.08. The molecule has 0 spiro atoms. The quantitative estimate of drug-likeness (QED) is 0.848. The van der Waals surface area contributed by atoms with Gasteiger partial charge in [0.05, 0.1) is 6.07 Å². The number of rotatable bonds is 3. The maximum atomic E-state index is 11.9. The van der Waals surface area contributed by atoms with Gasteiger partial charge in [-0.05, 0) is 75.5 Å². The molecule has 104 valence electrons. The minimum absolute atomic E-state index is 0.0919. The van der Waals surface area contributed by atoms with Crippen molar-refractivity contribution in [2.24, 2.45) is 29.1 Å². The van der Waals surface area contributed by atoms with Gasteiger partial charge in [-0.15, -0.1) is 0 Å². The number of carbonyl (C=O) groups is 1. The average Bonchev–Trinajstić information content (AvgIpc) is 2.36. The van der Waals surface area contributed by atoms with E-state index in [4.69, 9.17) is 5.26 Å². The Labute approximate surface area is 115 Å². The summed E-state index contributed by atoms with van der Waals surface area (Å²) in [6, 6.07) is 2.26. The summed E-state index contributed by atoms with van der Waals surface area (Å²) >= 11 is 0. The highest BCUT2D eigenvalue weighted by Crippen LogP contribution is 2.61. The molecule has 4 aliphatic carbocycles. The molecule has 0 aliphatic heterocycles. The van der Waals surface area contributed by atoms with Crippen molar-refractivity contribution in [1.82, 2.24) is 5.32 Å². The van der Waals surface area contributed by atoms with Crippen molar-refractivity contribution in [2.45, 2.75) is 58.4 Å². The number of hydrogen-bond acceptors (Lipinski definition) is 2. The van der Waals surface area contributed by atoms with E-state index >= 15 is 0 Å². The maximum absolute atomic E-state index is 11.9. The molecule has 0 aromatic carbocycles. The van der Waals surface area contributed by atoms with Crippen molar-refractivity contribution in [3.63, 3.8) is 0 Å². The third-order valence-corrected chi connectivity index (χ3v) is 5.95. The summed E-state index contributed by atoms with van der Waals surface area (Å²) in [5, 5.41) is 12.0. The molecular formula is C16H24N2O. The Morgan fingerprint density at radius 3 is 2.05 bits per heavy atom. The third kappa shape index (κ3) is 2.16. The van der Waals surface area contributed by atoms with Crippen LogP contribution < -0.4 is 5.32 Å². The van der Waals surface area contributed by atoms with Crippen LogP contribution in [-0.4, -0.2) is 11.9 Å². The Kier molecular flexibility index (Phi) is 3.08. The summed E-state index contributed by atoms with van der Waals surface area (Å²) in [7, 11) is 0. The van der Waals surface area contributed by atoms with E-state index in [-0.39, 0.29) is 11.9 Å². The predicted molar refractivity (Wildman–Crippen MR) is 73.0 cm³/mol. The highest BCUT2D eigenvalue weighted by molar-refractivity contribution is 5.80. The lowest BCUT2D eigenvalue weighted by Crippen LogP contribution is -2.56. The third-order valence-electron chi connectivity index (χ3n) is 5.95. The fourth-order valence-corrected chi connectivity index (χ4v) is 5.26. The van der Waals surface area contributed by atoms with Crippen LogP contribution in [0.3, 0.4) is 0 Å². The largest absolute Gasteiger partial charge is 0.352 e. The molecule has 2 atom stereocenters. The first-order chi connectivity index (χ1) is 9.02. The van der Waals surface area contributed by atoms with Gasteiger partial charge in [-0.2, -0.15) is 5.26 Å². The summed E-state index contributed by atoms with van der Waals surface area (Å²) in [5.41, 5.74) is 0.333. The van der Waals surface area contributed by atoms with E-state index in [2.05, 4.69) is 12.2 Å². The fraction of sp³-hybridized carbons (Fsp3) is 0.875. The van der Waals surface area contributed by atoms with E-state index in [1.54, 1.807) is 6.92 Å². The van der Waals surface area contributed by atoms with Crippen molar-refractivity contribution in [3.05, 3.63) is 0 Å². The highest BCUT2D eigenvalue weighted by Gasteiger charge is 2.53. The molecule has 0 radical (unpaired) electrons.